The van der Waals surface area contributed by atoms with Gasteiger partial charge in [0.25, 0.3) is 0 Å². The Morgan fingerprint density at radius 1 is 1.14 bits per heavy atom. The van der Waals surface area contributed by atoms with Crippen molar-refractivity contribution in [1.82, 2.24) is 10.2 Å². The number of hydrogen-bond acceptors (Lipinski definition) is 2. The maximum atomic E-state index is 11.8. The standard InChI is InChI=1S/C18H28N2O/c1-3-15(2)18(21)19-13-16-7-9-17(10-8-16)14-20-11-5-4-6-12-20/h7-10,15H,3-6,11-14H2,1-2H3,(H,19,21). The topological polar surface area (TPSA) is 32.3 Å². The zero-order chi connectivity index (χ0) is 15.1. The molecule has 1 N–H and O–H groups in total. The Kier molecular flexibility index (Phi) is 6.24. The third-order valence-corrected chi connectivity index (χ3v) is 4.40. The Balaban J connectivity index is 1.80. The van der Waals surface area contributed by atoms with Gasteiger partial charge in [0.15, 0.2) is 0 Å². The molecule has 21 heavy (non-hydrogen) atoms. The van der Waals surface area contributed by atoms with Gasteiger partial charge in [-0.1, -0.05) is 44.5 Å². The summed E-state index contributed by atoms with van der Waals surface area (Å²) in [6.45, 7) is 8.16. The molecule has 0 bridgehead atoms. The van der Waals surface area contributed by atoms with Crippen molar-refractivity contribution in [3.05, 3.63) is 35.4 Å². The van der Waals surface area contributed by atoms with Crippen LogP contribution >= 0.6 is 0 Å². The Morgan fingerprint density at radius 2 is 1.76 bits per heavy atom. The zero-order valence-corrected chi connectivity index (χ0v) is 13.4. The predicted molar refractivity (Wildman–Crippen MR) is 86.9 cm³/mol. The van der Waals surface area contributed by atoms with E-state index >= 15 is 0 Å². The maximum absolute atomic E-state index is 11.8. The fourth-order valence-corrected chi connectivity index (χ4v) is 2.69. The van der Waals surface area contributed by atoms with E-state index in [1.54, 1.807) is 0 Å². The molecule has 3 heteroatoms. The van der Waals surface area contributed by atoms with E-state index in [1.807, 2.05) is 13.8 Å². The van der Waals surface area contributed by atoms with Gasteiger partial charge in [-0.25, -0.2) is 0 Å². The monoisotopic (exact) mass is 288 g/mol. The van der Waals surface area contributed by atoms with E-state index in [2.05, 4.69) is 34.5 Å². The van der Waals surface area contributed by atoms with Crippen molar-refractivity contribution in [2.75, 3.05) is 13.1 Å². The van der Waals surface area contributed by atoms with Gasteiger partial charge in [0.1, 0.15) is 0 Å². The van der Waals surface area contributed by atoms with Crippen LogP contribution < -0.4 is 5.32 Å². The number of carbonyl (C=O) groups is 1. The number of nitrogens with one attached hydrogen (secondary N) is 1. The van der Waals surface area contributed by atoms with Crippen LogP contribution in [-0.4, -0.2) is 23.9 Å². The maximum Gasteiger partial charge on any atom is 0.223 e. The van der Waals surface area contributed by atoms with E-state index in [4.69, 9.17) is 0 Å². The molecule has 0 aromatic heterocycles. The highest BCUT2D eigenvalue weighted by atomic mass is 16.1. The number of likely N-dealkylation sites (tertiary alicyclic amines) is 1. The zero-order valence-electron chi connectivity index (χ0n) is 13.4. The quantitative estimate of drug-likeness (QED) is 0.871. The normalized spacial score (nSPS) is 17.4. The molecule has 1 saturated heterocycles. The highest BCUT2D eigenvalue weighted by Gasteiger charge is 2.11. The number of rotatable bonds is 6. The lowest BCUT2D eigenvalue weighted by Crippen LogP contribution is -2.29. The lowest BCUT2D eigenvalue weighted by molar-refractivity contribution is -0.124. The minimum atomic E-state index is 0.100. The van der Waals surface area contributed by atoms with Crippen LogP contribution in [0.25, 0.3) is 0 Å². The molecule has 1 heterocycles. The van der Waals surface area contributed by atoms with Crippen molar-refractivity contribution in [1.29, 1.82) is 0 Å². The van der Waals surface area contributed by atoms with Gasteiger partial charge in [0, 0.05) is 19.0 Å². The average Bonchev–Trinajstić information content (AvgIpc) is 2.54. The molecular formula is C18H28N2O. The second-order valence-corrected chi connectivity index (χ2v) is 6.18. The van der Waals surface area contributed by atoms with E-state index in [9.17, 15) is 4.79 Å². The number of piperidine rings is 1. The number of benzene rings is 1. The average molecular weight is 288 g/mol. The summed E-state index contributed by atoms with van der Waals surface area (Å²) in [5.41, 5.74) is 2.54. The molecular weight excluding hydrogens is 260 g/mol. The molecule has 1 aromatic rings. The molecule has 1 aliphatic heterocycles. The van der Waals surface area contributed by atoms with Crippen LogP contribution in [0.5, 0.6) is 0 Å². The number of carbonyl (C=O) groups excluding carboxylic acids is 1. The van der Waals surface area contributed by atoms with E-state index in [0.717, 1.165) is 13.0 Å². The second kappa shape index (κ2) is 8.18. The van der Waals surface area contributed by atoms with E-state index in [0.29, 0.717) is 6.54 Å². The van der Waals surface area contributed by atoms with Crippen molar-refractivity contribution in [3.63, 3.8) is 0 Å². The first-order valence-corrected chi connectivity index (χ1v) is 8.27. The summed E-state index contributed by atoms with van der Waals surface area (Å²) in [5.74, 6) is 0.248. The summed E-state index contributed by atoms with van der Waals surface area (Å²) in [4.78, 5) is 14.3. The van der Waals surface area contributed by atoms with E-state index in [-0.39, 0.29) is 11.8 Å². The van der Waals surface area contributed by atoms with Crippen molar-refractivity contribution < 1.29 is 4.79 Å². The van der Waals surface area contributed by atoms with E-state index < -0.39 is 0 Å². The molecule has 1 aromatic carbocycles. The fraction of sp³-hybridized carbons (Fsp3) is 0.611. The van der Waals surface area contributed by atoms with Crippen LogP contribution in [0.15, 0.2) is 24.3 Å². The van der Waals surface area contributed by atoms with Crippen molar-refractivity contribution in [2.24, 2.45) is 5.92 Å². The summed E-state index contributed by atoms with van der Waals surface area (Å²) in [5, 5.41) is 3.00. The van der Waals surface area contributed by atoms with Crippen LogP contribution in [0.4, 0.5) is 0 Å². The summed E-state index contributed by atoms with van der Waals surface area (Å²) in [6.07, 6.45) is 4.94. The lowest BCUT2D eigenvalue weighted by Gasteiger charge is -2.26. The van der Waals surface area contributed by atoms with Gasteiger partial charge >= 0.3 is 0 Å². The summed E-state index contributed by atoms with van der Waals surface area (Å²) in [7, 11) is 0. The van der Waals surface area contributed by atoms with Gasteiger partial charge < -0.3 is 5.32 Å². The largest absolute Gasteiger partial charge is 0.352 e. The molecule has 3 nitrogen and oxygen atoms in total. The fourth-order valence-electron chi connectivity index (χ4n) is 2.69. The molecule has 0 aliphatic carbocycles. The molecule has 1 amide bonds. The SMILES string of the molecule is CCC(C)C(=O)NCc1ccc(CN2CCCCC2)cc1. The molecule has 0 saturated carbocycles. The first kappa shape index (κ1) is 16.0. The van der Waals surface area contributed by atoms with Gasteiger partial charge in [-0.2, -0.15) is 0 Å². The molecule has 0 spiro atoms. The first-order valence-electron chi connectivity index (χ1n) is 8.27. The first-order chi connectivity index (χ1) is 10.2. The van der Waals surface area contributed by atoms with Gasteiger partial charge in [-0.15, -0.1) is 0 Å². The molecule has 1 aliphatic rings. The van der Waals surface area contributed by atoms with Crippen molar-refractivity contribution in [3.8, 4) is 0 Å². The number of nitrogens with zero attached hydrogens (tertiary/aromatic N) is 1. The third-order valence-electron chi connectivity index (χ3n) is 4.40. The Morgan fingerprint density at radius 3 is 2.38 bits per heavy atom. The van der Waals surface area contributed by atoms with Crippen molar-refractivity contribution in [2.45, 2.75) is 52.6 Å². The Labute approximate surface area is 128 Å². The molecule has 1 fully saturated rings. The number of hydrogen-bond donors (Lipinski definition) is 1. The predicted octanol–water partition coefficient (Wildman–Crippen LogP) is 3.33. The van der Waals surface area contributed by atoms with Gasteiger partial charge in [-0.3, -0.25) is 9.69 Å². The highest BCUT2D eigenvalue weighted by Crippen LogP contribution is 2.13. The smallest absolute Gasteiger partial charge is 0.223 e. The van der Waals surface area contributed by atoms with E-state index in [1.165, 1.54) is 43.5 Å². The van der Waals surface area contributed by atoms with Crippen LogP contribution in [0.3, 0.4) is 0 Å². The third kappa shape index (κ3) is 5.16. The molecule has 0 radical (unpaired) electrons. The highest BCUT2D eigenvalue weighted by molar-refractivity contribution is 5.78. The van der Waals surface area contributed by atoms with Gasteiger partial charge in [0.05, 0.1) is 0 Å². The van der Waals surface area contributed by atoms with Gasteiger partial charge in [-0.05, 0) is 43.5 Å². The van der Waals surface area contributed by atoms with Crippen LogP contribution in [0.2, 0.25) is 0 Å². The summed E-state index contributed by atoms with van der Waals surface area (Å²) < 4.78 is 0. The second-order valence-electron chi connectivity index (χ2n) is 6.18. The molecule has 1 unspecified atom stereocenters. The summed E-state index contributed by atoms with van der Waals surface area (Å²) >= 11 is 0. The molecule has 1 atom stereocenters. The molecule has 116 valence electrons. The lowest BCUT2D eigenvalue weighted by atomic mass is 10.1. The number of amides is 1. The van der Waals surface area contributed by atoms with Crippen LogP contribution in [0.1, 0.15) is 50.7 Å². The van der Waals surface area contributed by atoms with Crippen molar-refractivity contribution >= 4 is 5.91 Å². The van der Waals surface area contributed by atoms with Gasteiger partial charge in [0.2, 0.25) is 5.91 Å². The van der Waals surface area contributed by atoms with Crippen LogP contribution in [-0.2, 0) is 17.9 Å². The van der Waals surface area contributed by atoms with Crippen LogP contribution in [0, 0.1) is 5.92 Å². The Hall–Kier alpha value is -1.35. The summed E-state index contributed by atoms with van der Waals surface area (Å²) in [6, 6.07) is 8.66. The molecule has 2 rings (SSSR count). The minimum absolute atomic E-state index is 0.100. The Bertz CT molecular complexity index is 435. The minimum Gasteiger partial charge on any atom is -0.352 e.